The Hall–Kier alpha value is -2.63. The van der Waals surface area contributed by atoms with Gasteiger partial charge in [0.1, 0.15) is 17.3 Å². The fraction of sp³-hybridized carbons (Fsp3) is 0.400. The molecule has 1 fully saturated rings. The van der Waals surface area contributed by atoms with Gasteiger partial charge < -0.3 is 10.6 Å². The molecule has 0 aromatic heterocycles. The molecule has 0 radical (unpaired) electrons. The summed E-state index contributed by atoms with van der Waals surface area (Å²) >= 11 is 0. The summed E-state index contributed by atoms with van der Waals surface area (Å²) < 4.78 is 14.0. The molecule has 0 amide bonds. The van der Waals surface area contributed by atoms with Crippen LogP contribution in [-0.2, 0) is 0 Å². The molecule has 138 valence electrons. The van der Waals surface area contributed by atoms with E-state index in [1.807, 2.05) is 31.7 Å². The lowest BCUT2D eigenvalue weighted by Gasteiger charge is -2.26. The molecule has 0 atom stereocenters. The van der Waals surface area contributed by atoms with Crippen molar-refractivity contribution >= 4 is 17.5 Å². The van der Waals surface area contributed by atoms with E-state index >= 15 is 0 Å². The quantitative estimate of drug-likeness (QED) is 0.808. The van der Waals surface area contributed by atoms with Gasteiger partial charge in [-0.05, 0) is 51.7 Å². The number of amidine groups is 1. The summed E-state index contributed by atoms with van der Waals surface area (Å²) in [4.78, 5) is 11.2. The topological polar surface area (TPSA) is 52.0 Å². The number of aliphatic imine (C=N–C) groups is 2. The first kappa shape index (κ1) is 18.2. The summed E-state index contributed by atoms with van der Waals surface area (Å²) in [5.41, 5.74) is 1.13. The van der Waals surface area contributed by atoms with Crippen LogP contribution >= 0.6 is 0 Å². The van der Waals surface area contributed by atoms with E-state index in [4.69, 9.17) is 0 Å². The van der Waals surface area contributed by atoms with E-state index in [1.54, 1.807) is 18.2 Å². The normalized spacial score (nSPS) is 20.0. The maximum Gasteiger partial charge on any atom is 0.209 e. The maximum atomic E-state index is 14.0. The SMILES string of the molecule is C=C(/N=C1\C(=C/C)N=C(Nc2ccccc2F)N1C(C)C)NCC1CC1. The fourth-order valence-electron chi connectivity index (χ4n) is 2.76. The van der Waals surface area contributed by atoms with Gasteiger partial charge in [0, 0.05) is 12.6 Å². The summed E-state index contributed by atoms with van der Waals surface area (Å²) in [5.74, 6) is 2.33. The van der Waals surface area contributed by atoms with Crippen molar-refractivity contribution in [3.8, 4) is 0 Å². The molecule has 26 heavy (non-hydrogen) atoms. The third-order valence-corrected chi connectivity index (χ3v) is 4.35. The van der Waals surface area contributed by atoms with Crippen LogP contribution in [0.5, 0.6) is 0 Å². The Labute approximate surface area is 154 Å². The second-order valence-corrected chi connectivity index (χ2v) is 6.88. The average Bonchev–Trinajstić information content (AvgIpc) is 3.37. The molecule has 0 spiro atoms. The summed E-state index contributed by atoms with van der Waals surface area (Å²) in [6.45, 7) is 10.9. The van der Waals surface area contributed by atoms with Crippen molar-refractivity contribution in [2.75, 3.05) is 11.9 Å². The number of allylic oxidation sites excluding steroid dienone is 1. The molecule has 1 aromatic rings. The van der Waals surface area contributed by atoms with Gasteiger partial charge >= 0.3 is 0 Å². The van der Waals surface area contributed by atoms with Gasteiger partial charge in [0.05, 0.1) is 5.69 Å². The highest BCUT2D eigenvalue weighted by Gasteiger charge is 2.31. The predicted molar refractivity (Wildman–Crippen MR) is 105 cm³/mol. The molecule has 6 heteroatoms. The van der Waals surface area contributed by atoms with E-state index in [0.717, 1.165) is 24.0 Å². The van der Waals surface area contributed by atoms with Crippen LogP contribution in [0.3, 0.4) is 0 Å². The van der Waals surface area contributed by atoms with E-state index < -0.39 is 0 Å². The number of hydrogen-bond donors (Lipinski definition) is 2. The monoisotopic (exact) mass is 355 g/mol. The molecule has 3 rings (SSSR count). The van der Waals surface area contributed by atoms with E-state index in [-0.39, 0.29) is 11.9 Å². The standard InChI is InChI=1S/C20H26FN5/c1-5-17-19(23-14(4)22-12-15-10-11-15)26(13(2)3)20(24-17)25-18-9-7-6-8-16(18)21/h5-9,13,15,22H,4,10-12H2,1-3H3,(H,24,25)/b17-5+,23-19+. The third-order valence-electron chi connectivity index (χ3n) is 4.35. The molecule has 1 saturated carbocycles. The van der Waals surface area contributed by atoms with E-state index in [2.05, 4.69) is 27.2 Å². The highest BCUT2D eigenvalue weighted by molar-refractivity contribution is 6.18. The second kappa shape index (κ2) is 7.72. The first-order chi connectivity index (χ1) is 12.5. The Morgan fingerprint density at radius 3 is 2.77 bits per heavy atom. The van der Waals surface area contributed by atoms with Crippen molar-refractivity contribution in [3.05, 3.63) is 54.3 Å². The minimum atomic E-state index is -0.318. The zero-order chi connectivity index (χ0) is 18.7. The Balaban J connectivity index is 1.83. The van der Waals surface area contributed by atoms with Gasteiger partial charge in [-0.2, -0.15) is 0 Å². The molecule has 1 aromatic carbocycles. The lowest BCUT2D eigenvalue weighted by Crippen LogP contribution is -2.42. The van der Waals surface area contributed by atoms with Crippen LogP contribution in [0.15, 0.2) is 58.4 Å². The smallest absolute Gasteiger partial charge is 0.209 e. The lowest BCUT2D eigenvalue weighted by molar-refractivity contribution is 0.506. The third kappa shape index (κ3) is 4.12. The average molecular weight is 355 g/mol. The largest absolute Gasteiger partial charge is 0.370 e. The van der Waals surface area contributed by atoms with Crippen molar-refractivity contribution in [2.45, 2.75) is 39.7 Å². The van der Waals surface area contributed by atoms with E-state index in [9.17, 15) is 4.39 Å². The summed E-state index contributed by atoms with van der Waals surface area (Å²) in [6, 6.07) is 6.66. The van der Waals surface area contributed by atoms with E-state index in [0.29, 0.717) is 17.5 Å². The zero-order valence-corrected chi connectivity index (χ0v) is 15.6. The molecular weight excluding hydrogens is 329 g/mol. The van der Waals surface area contributed by atoms with Crippen LogP contribution < -0.4 is 10.6 Å². The number of nitrogens with zero attached hydrogens (tertiary/aromatic N) is 3. The number of halogens is 1. The zero-order valence-electron chi connectivity index (χ0n) is 15.6. The minimum Gasteiger partial charge on any atom is -0.370 e. The van der Waals surface area contributed by atoms with E-state index in [1.165, 1.54) is 18.9 Å². The Morgan fingerprint density at radius 1 is 1.42 bits per heavy atom. The molecule has 0 bridgehead atoms. The minimum absolute atomic E-state index is 0.0976. The molecular formula is C20H26FN5. The van der Waals surface area contributed by atoms with Crippen LogP contribution in [0.4, 0.5) is 10.1 Å². The van der Waals surface area contributed by atoms with Crippen LogP contribution in [0.25, 0.3) is 0 Å². The van der Waals surface area contributed by atoms with Crippen molar-refractivity contribution in [3.63, 3.8) is 0 Å². The number of hydrogen-bond acceptors (Lipinski definition) is 4. The van der Waals surface area contributed by atoms with Crippen LogP contribution in [0.2, 0.25) is 0 Å². The van der Waals surface area contributed by atoms with Gasteiger partial charge in [0.25, 0.3) is 0 Å². The van der Waals surface area contributed by atoms with Gasteiger partial charge in [-0.3, -0.25) is 4.90 Å². The molecule has 2 aliphatic rings. The molecule has 1 aliphatic heterocycles. The van der Waals surface area contributed by atoms with Crippen LogP contribution in [-0.4, -0.2) is 29.3 Å². The number of benzene rings is 1. The summed E-state index contributed by atoms with van der Waals surface area (Å²) in [7, 11) is 0. The highest BCUT2D eigenvalue weighted by Crippen LogP contribution is 2.28. The Morgan fingerprint density at radius 2 is 2.15 bits per heavy atom. The second-order valence-electron chi connectivity index (χ2n) is 6.88. The first-order valence-electron chi connectivity index (χ1n) is 9.07. The summed E-state index contributed by atoms with van der Waals surface area (Å²) in [6.07, 6.45) is 4.45. The number of anilines is 1. The first-order valence-corrected chi connectivity index (χ1v) is 9.07. The molecule has 0 unspecified atom stereocenters. The van der Waals surface area contributed by atoms with Gasteiger partial charge in [-0.15, -0.1) is 0 Å². The van der Waals surface area contributed by atoms with Crippen molar-refractivity contribution < 1.29 is 4.39 Å². The molecule has 5 nitrogen and oxygen atoms in total. The predicted octanol–water partition coefficient (Wildman–Crippen LogP) is 4.09. The maximum absolute atomic E-state index is 14.0. The van der Waals surface area contributed by atoms with Crippen molar-refractivity contribution in [2.24, 2.45) is 15.9 Å². The van der Waals surface area contributed by atoms with Gasteiger partial charge in [0.15, 0.2) is 5.84 Å². The Bertz CT molecular complexity index is 774. The number of guanidine groups is 1. The van der Waals surface area contributed by atoms with Gasteiger partial charge in [-0.25, -0.2) is 14.4 Å². The number of para-hydroxylation sites is 1. The molecule has 2 N–H and O–H groups in total. The summed E-state index contributed by atoms with van der Waals surface area (Å²) in [5, 5.41) is 6.38. The fourth-order valence-corrected chi connectivity index (χ4v) is 2.76. The van der Waals surface area contributed by atoms with Gasteiger partial charge in [0.2, 0.25) is 5.96 Å². The van der Waals surface area contributed by atoms with Crippen molar-refractivity contribution in [1.82, 2.24) is 10.2 Å². The Kier molecular flexibility index (Phi) is 5.40. The van der Waals surface area contributed by atoms with Crippen molar-refractivity contribution in [1.29, 1.82) is 0 Å². The van der Waals surface area contributed by atoms with Crippen LogP contribution in [0, 0.1) is 11.7 Å². The molecule has 0 saturated heterocycles. The van der Waals surface area contributed by atoms with Gasteiger partial charge in [-0.1, -0.05) is 24.8 Å². The van der Waals surface area contributed by atoms with Crippen LogP contribution in [0.1, 0.15) is 33.6 Å². The number of rotatable bonds is 6. The molecule has 1 heterocycles. The highest BCUT2D eigenvalue weighted by atomic mass is 19.1. The number of nitrogens with one attached hydrogen (secondary N) is 2. The lowest BCUT2D eigenvalue weighted by atomic mass is 10.3. The molecule has 1 aliphatic carbocycles.